The highest BCUT2D eigenvalue weighted by Gasteiger charge is 2.32. The predicted molar refractivity (Wildman–Crippen MR) is 93.6 cm³/mol. The van der Waals surface area contributed by atoms with E-state index < -0.39 is 6.10 Å². The van der Waals surface area contributed by atoms with Gasteiger partial charge in [-0.3, -0.25) is 14.5 Å². The van der Waals surface area contributed by atoms with E-state index in [1.54, 1.807) is 11.8 Å². The Morgan fingerprint density at radius 1 is 1.20 bits per heavy atom. The second-order valence-electron chi connectivity index (χ2n) is 6.41. The summed E-state index contributed by atoms with van der Waals surface area (Å²) >= 11 is 0. The number of anilines is 1. The third-order valence-corrected chi connectivity index (χ3v) is 4.76. The first-order valence-corrected chi connectivity index (χ1v) is 8.78. The Labute approximate surface area is 147 Å². The van der Waals surface area contributed by atoms with Crippen molar-refractivity contribution in [2.24, 2.45) is 0 Å². The number of nitrogens with zero attached hydrogens (tertiary/aromatic N) is 3. The van der Waals surface area contributed by atoms with Crippen molar-refractivity contribution in [3.05, 3.63) is 24.3 Å². The molecule has 2 aliphatic rings. The van der Waals surface area contributed by atoms with E-state index >= 15 is 0 Å². The molecule has 1 N–H and O–H groups in total. The van der Waals surface area contributed by atoms with E-state index in [0.717, 1.165) is 18.8 Å². The van der Waals surface area contributed by atoms with Crippen LogP contribution in [0.4, 0.5) is 5.69 Å². The molecule has 2 aliphatic heterocycles. The van der Waals surface area contributed by atoms with Gasteiger partial charge in [0.15, 0.2) is 6.10 Å². The number of para-hydroxylation sites is 2. The molecule has 3 rings (SSSR count). The average Bonchev–Trinajstić information content (AvgIpc) is 2.63. The monoisotopic (exact) mass is 347 g/mol. The smallest absolute Gasteiger partial charge is 0.267 e. The summed E-state index contributed by atoms with van der Waals surface area (Å²) in [5.74, 6) is 0.631. The van der Waals surface area contributed by atoms with Gasteiger partial charge in [0.05, 0.1) is 12.3 Å². The first kappa shape index (κ1) is 17.7. The zero-order valence-electron chi connectivity index (χ0n) is 14.6. The minimum Gasteiger partial charge on any atom is -0.479 e. The van der Waals surface area contributed by atoms with Crippen LogP contribution in [0, 0.1) is 0 Å². The van der Waals surface area contributed by atoms with Gasteiger partial charge in [-0.2, -0.15) is 0 Å². The second-order valence-corrected chi connectivity index (χ2v) is 6.41. The number of carbonyl (C=O) groups excluding carboxylic acids is 2. The van der Waals surface area contributed by atoms with Gasteiger partial charge in [-0.05, 0) is 19.1 Å². The maximum atomic E-state index is 12.5. The molecule has 0 saturated carbocycles. The number of β-amino-alcohol motifs (C(OH)–C–C–N with tert-alkyl or cyclic N) is 1. The van der Waals surface area contributed by atoms with Crippen molar-refractivity contribution in [2.45, 2.75) is 19.4 Å². The van der Waals surface area contributed by atoms with E-state index in [9.17, 15) is 9.59 Å². The summed E-state index contributed by atoms with van der Waals surface area (Å²) in [6.07, 6.45) is -0.237. The topological polar surface area (TPSA) is 73.3 Å². The van der Waals surface area contributed by atoms with Crippen LogP contribution < -0.4 is 9.64 Å². The molecule has 1 fully saturated rings. The first-order chi connectivity index (χ1) is 12.1. The number of piperazine rings is 1. The molecule has 1 saturated heterocycles. The van der Waals surface area contributed by atoms with Gasteiger partial charge < -0.3 is 19.6 Å². The lowest BCUT2D eigenvalue weighted by Crippen LogP contribution is -2.50. The molecule has 2 amide bonds. The number of hydrogen-bond donors (Lipinski definition) is 1. The van der Waals surface area contributed by atoms with Gasteiger partial charge in [0.25, 0.3) is 5.91 Å². The maximum Gasteiger partial charge on any atom is 0.267 e. The third-order valence-electron chi connectivity index (χ3n) is 4.76. The van der Waals surface area contributed by atoms with Crippen molar-refractivity contribution in [3.63, 3.8) is 0 Å². The fourth-order valence-corrected chi connectivity index (χ4v) is 3.32. The van der Waals surface area contributed by atoms with Crippen LogP contribution in [0.3, 0.4) is 0 Å². The van der Waals surface area contributed by atoms with Gasteiger partial charge >= 0.3 is 0 Å². The number of rotatable bonds is 5. The average molecular weight is 347 g/mol. The van der Waals surface area contributed by atoms with Crippen LogP contribution in [0.1, 0.15) is 13.3 Å². The van der Waals surface area contributed by atoms with Crippen LogP contribution in [-0.4, -0.2) is 78.7 Å². The Morgan fingerprint density at radius 3 is 2.64 bits per heavy atom. The minimum absolute atomic E-state index is 0.0630. The van der Waals surface area contributed by atoms with E-state index in [1.807, 2.05) is 29.2 Å². The summed E-state index contributed by atoms with van der Waals surface area (Å²) in [5, 5.41) is 8.98. The lowest BCUT2D eigenvalue weighted by molar-refractivity contribution is -0.133. The number of amides is 2. The van der Waals surface area contributed by atoms with Crippen LogP contribution in [0.15, 0.2) is 24.3 Å². The van der Waals surface area contributed by atoms with Crippen LogP contribution in [0.5, 0.6) is 5.75 Å². The van der Waals surface area contributed by atoms with E-state index in [2.05, 4.69) is 4.90 Å². The summed E-state index contributed by atoms with van der Waals surface area (Å²) in [6.45, 7) is 5.79. The Bertz CT molecular complexity index is 629. The number of benzene rings is 1. The molecule has 7 heteroatoms. The van der Waals surface area contributed by atoms with Gasteiger partial charge in [-0.1, -0.05) is 12.1 Å². The van der Waals surface area contributed by atoms with Gasteiger partial charge in [0.1, 0.15) is 5.75 Å². The number of fused-ring (bicyclic) bond motifs is 1. The van der Waals surface area contributed by atoms with Crippen molar-refractivity contribution in [1.82, 2.24) is 9.80 Å². The molecule has 25 heavy (non-hydrogen) atoms. The van der Waals surface area contributed by atoms with Crippen molar-refractivity contribution >= 4 is 17.5 Å². The zero-order valence-corrected chi connectivity index (χ0v) is 14.6. The lowest BCUT2D eigenvalue weighted by atomic mass is 10.1. The van der Waals surface area contributed by atoms with Crippen LogP contribution in [-0.2, 0) is 9.59 Å². The molecule has 0 aliphatic carbocycles. The molecule has 136 valence electrons. The van der Waals surface area contributed by atoms with Crippen molar-refractivity contribution in [3.8, 4) is 5.75 Å². The van der Waals surface area contributed by atoms with Crippen LogP contribution in [0.2, 0.25) is 0 Å². The molecule has 2 heterocycles. The van der Waals surface area contributed by atoms with Gasteiger partial charge in [-0.25, -0.2) is 0 Å². The molecule has 1 unspecified atom stereocenters. The molecule has 0 radical (unpaired) electrons. The largest absolute Gasteiger partial charge is 0.479 e. The summed E-state index contributed by atoms with van der Waals surface area (Å²) in [6, 6.07) is 7.42. The highest BCUT2D eigenvalue weighted by Crippen LogP contribution is 2.33. The predicted octanol–water partition coefficient (Wildman–Crippen LogP) is 0.327. The summed E-state index contributed by atoms with van der Waals surface area (Å²) in [5.41, 5.74) is 0.728. The van der Waals surface area contributed by atoms with Crippen molar-refractivity contribution in [1.29, 1.82) is 0 Å². The minimum atomic E-state index is -0.535. The second kappa shape index (κ2) is 7.84. The molecule has 1 aromatic carbocycles. The fourth-order valence-electron chi connectivity index (χ4n) is 3.32. The van der Waals surface area contributed by atoms with E-state index in [4.69, 9.17) is 9.84 Å². The van der Waals surface area contributed by atoms with Gasteiger partial charge in [-0.15, -0.1) is 0 Å². The molecular weight excluding hydrogens is 322 g/mol. The van der Waals surface area contributed by atoms with Gasteiger partial charge in [0, 0.05) is 45.7 Å². The Kier molecular flexibility index (Phi) is 5.55. The normalized spacial score (nSPS) is 21.0. The third kappa shape index (κ3) is 3.93. The van der Waals surface area contributed by atoms with Crippen molar-refractivity contribution in [2.75, 3.05) is 50.8 Å². The Morgan fingerprint density at radius 2 is 1.92 bits per heavy atom. The number of aliphatic hydroxyl groups excluding tert-OH is 1. The number of carbonyl (C=O) groups is 2. The summed E-state index contributed by atoms with van der Waals surface area (Å²) < 4.78 is 5.62. The zero-order chi connectivity index (χ0) is 17.8. The fraction of sp³-hybridized carbons (Fsp3) is 0.556. The molecule has 0 spiro atoms. The first-order valence-electron chi connectivity index (χ1n) is 8.78. The molecule has 1 aromatic rings. The number of aliphatic hydroxyl groups is 1. The summed E-state index contributed by atoms with van der Waals surface area (Å²) in [4.78, 5) is 30.6. The lowest BCUT2D eigenvalue weighted by Gasteiger charge is -2.36. The number of ether oxygens (including phenoxy) is 1. The van der Waals surface area contributed by atoms with Gasteiger partial charge in [0.2, 0.25) is 5.91 Å². The summed E-state index contributed by atoms with van der Waals surface area (Å²) in [7, 11) is 0. The Hall–Kier alpha value is -2.12. The quantitative estimate of drug-likeness (QED) is 0.831. The van der Waals surface area contributed by atoms with Crippen molar-refractivity contribution < 1.29 is 19.4 Å². The van der Waals surface area contributed by atoms with E-state index in [-0.39, 0.29) is 18.4 Å². The van der Waals surface area contributed by atoms with Crippen LogP contribution >= 0.6 is 0 Å². The van der Waals surface area contributed by atoms with E-state index in [1.165, 1.54) is 0 Å². The molecular formula is C18H25N3O4. The molecule has 0 aromatic heterocycles. The standard InChI is InChI=1S/C18H25N3O4/c1-14-18(24)21(15-4-2-3-5-16(15)25-14)7-6-17(23)20-10-8-19(9-11-20)12-13-22/h2-5,14,22H,6-13H2,1H3. The molecule has 1 atom stereocenters. The molecule has 7 nitrogen and oxygen atoms in total. The maximum absolute atomic E-state index is 12.5. The van der Waals surface area contributed by atoms with Crippen LogP contribution in [0.25, 0.3) is 0 Å². The highest BCUT2D eigenvalue weighted by molar-refractivity contribution is 6.00. The Balaban J connectivity index is 1.58. The molecule has 0 bridgehead atoms. The SMILES string of the molecule is CC1Oc2ccccc2N(CCC(=O)N2CCN(CCO)CC2)C1=O. The van der Waals surface area contributed by atoms with E-state index in [0.29, 0.717) is 38.3 Å². The highest BCUT2D eigenvalue weighted by atomic mass is 16.5. The number of hydrogen-bond acceptors (Lipinski definition) is 5.